The number of hydrogen-bond donors (Lipinski definition) is 0. The van der Waals surface area contributed by atoms with E-state index in [1.807, 2.05) is 51.1 Å². The summed E-state index contributed by atoms with van der Waals surface area (Å²) in [5.74, 6) is 5.57. The fraction of sp³-hybridized carbons (Fsp3) is 0.333. The van der Waals surface area contributed by atoms with Gasteiger partial charge in [0.15, 0.2) is 0 Å². The highest BCUT2D eigenvalue weighted by atomic mass is 16.6. The average Bonchev–Trinajstić information content (AvgIpc) is 2.23. The van der Waals surface area contributed by atoms with Crippen molar-refractivity contribution in [3.8, 4) is 11.8 Å². The minimum Gasteiger partial charge on any atom is -0.460 e. The third-order valence-corrected chi connectivity index (χ3v) is 1.78. The Kier molecular flexibility index (Phi) is 4.78. The first-order valence-corrected chi connectivity index (χ1v) is 5.57. The van der Waals surface area contributed by atoms with Crippen molar-refractivity contribution in [3.63, 3.8) is 0 Å². The Labute approximate surface area is 103 Å². The van der Waals surface area contributed by atoms with Crippen LogP contribution in [0.2, 0.25) is 0 Å². The Morgan fingerprint density at radius 2 is 1.94 bits per heavy atom. The van der Waals surface area contributed by atoms with Crippen molar-refractivity contribution in [2.75, 3.05) is 0 Å². The average molecular weight is 229 g/mol. The van der Waals surface area contributed by atoms with Gasteiger partial charge in [-0.15, -0.1) is 0 Å². The number of carbonyl (C=O) groups is 1. The van der Waals surface area contributed by atoms with Gasteiger partial charge in [-0.1, -0.05) is 30.0 Å². The Morgan fingerprint density at radius 3 is 2.53 bits per heavy atom. The van der Waals surface area contributed by atoms with E-state index < -0.39 is 5.60 Å². The molecule has 0 heterocycles. The summed E-state index contributed by atoms with van der Waals surface area (Å²) < 4.78 is 5.13. The topological polar surface area (TPSA) is 26.3 Å². The zero-order valence-corrected chi connectivity index (χ0v) is 10.5. The van der Waals surface area contributed by atoms with Crippen LogP contribution in [-0.4, -0.2) is 11.6 Å². The van der Waals surface area contributed by atoms with Gasteiger partial charge in [-0.05, 0) is 32.9 Å². The third kappa shape index (κ3) is 6.42. The van der Waals surface area contributed by atoms with E-state index in [1.165, 1.54) is 6.42 Å². The highest BCUT2D eigenvalue weighted by Gasteiger charge is 2.15. The number of benzene rings is 1. The summed E-state index contributed by atoms with van der Waals surface area (Å²) in [6.07, 6.45) is 1.87. The number of rotatable bonds is 2. The van der Waals surface area contributed by atoms with Gasteiger partial charge in [0.2, 0.25) is 0 Å². The normalized spacial score (nSPS) is 10.3. The molecule has 89 valence electrons. The van der Waals surface area contributed by atoms with Gasteiger partial charge in [0.05, 0.1) is 6.42 Å². The second-order valence-corrected chi connectivity index (χ2v) is 4.61. The van der Waals surface area contributed by atoms with Crippen LogP contribution in [-0.2, 0) is 9.53 Å². The largest absolute Gasteiger partial charge is 0.460 e. The summed E-state index contributed by atoms with van der Waals surface area (Å²) >= 11 is 0. The van der Waals surface area contributed by atoms with Crippen molar-refractivity contribution in [1.29, 1.82) is 0 Å². The molecular formula is C15H17O2. The molecule has 1 aromatic rings. The summed E-state index contributed by atoms with van der Waals surface area (Å²) in [7, 11) is 0. The lowest BCUT2D eigenvalue weighted by molar-refractivity contribution is -0.150. The molecule has 0 bridgehead atoms. The Bertz CT molecular complexity index is 416. The monoisotopic (exact) mass is 229 g/mol. The lowest BCUT2D eigenvalue weighted by Gasteiger charge is -2.18. The molecule has 1 aromatic carbocycles. The summed E-state index contributed by atoms with van der Waals surface area (Å²) in [6.45, 7) is 5.52. The van der Waals surface area contributed by atoms with E-state index in [0.29, 0.717) is 6.42 Å². The predicted octanol–water partition coefficient (Wildman–Crippen LogP) is 2.97. The van der Waals surface area contributed by atoms with Crippen LogP contribution in [0.5, 0.6) is 0 Å². The third-order valence-electron chi connectivity index (χ3n) is 1.78. The molecule has 0 aliphatic heterocycles. The lowest BCUT2D eigenvalue weighted by atomic mass is 10.2. The molecule has 0 amide bonds. The highest BCUT2D eigenvalue weighted by Crippen LogP contribution is 2.08. The zero-order valence-electron chi connectivity index (χ0n) is 10.5. The minimum atomic E-state index is -0.444. The molecule has 0 atom stereocenters. The molecule has 0 aliphatic carbocycles. The molecule has 0 N–H and O–H groups in total. The maximum atomic E-state index is 11.3. The molecule has 0 fully saturated rings. The van der Waals surface area contributed by atoms with E-state index in [2.05, 4.69) is 11.8 Å². The molecule has 0 unspecified atom stereocenters. The van der Waals surface area contributed by atoms with Gasteiger partial charge >= 0.3 is 5.97 Å². The molecule has 0 aromatic heterocycles. The lowest BCUT2D eigenvalue weighted by Crippen LogP contribution is -2.23. The van der Waals surface area contributed by atoms with E-state index in [4.69, 9.17) is 4.74 Å². The Hall–Kier alpha value is -1.75. The van der Waals surface area contributed by atoms with E-state index in [1.54, 1.807) is 0 Å². The van der Waals surface area contributed by atoms with Gasteiger partial charge in [-0.25, -0.2) is 0 Å². The van der Waals surface area contributed by atoms with Gasteiger partial charge < -0.3 is 4.74 Å². The van der Waals surface area contributed by atoms with E-state index in [9.17, 15) is 4.79 Å². The van der Waals surface area contributed by atoms with Gasteiger partial charge in [-0.2, -0.15) is 0 Å². The van der Waals surface area contributed by atoms with Crippen LogP contribution in [0.15, 0.2) is 30.3 Å². The van der Waals surface area contributed by atoms with Crippen LogP contribution in [0.3, 0.4) is 0 Å². The van der Waals surface area contributed by atoms with Crippen LogP contribution >= 0.6 is 0 Å². The number of hydrogen-bond acceptors (Lipinski definition) is 2. The number of carbonyl (C=O) groups excluding carboxylic acids is 1. The van der Waals surface area contributed by atoms with E-state index in [-0.39, 0.29) is 5.97 Å². The fourth-order valence-corrected chi connectivity index (χ4v) is 1.15. The van der Waals surface area contributed by atoms with Gasteiger partial charge in [-0.3, -0.25) is 4.79 Å². The molecule has 2 heteroatoms. The zero-order chi connectivity index (χ0) is 12.7. The second-order valence-electron chi connectivity index (χ2n) is 4.61. The van der Waals surface area contributed by atoms with Crippen LogP contribution in [0.4, 0.5) is 0 Å². The smallest absolute Gasteiger partial charge is 0.311 e. The summed E-state index contributed by atoms with van der Waals surface area (Å²) in [6, 6.07) is 9.67. The maximum absolute atomic E-state index is 11.3. The van der Waals surface area contributed by atoms with E-state index in [0.717, 1.165) is 5.56 Å². The van der Waals surface area contributed by atoms with Crippen LogP contribution < -0.4 is 0 Å². The van der Waals surface area contributed by atoms with Gasteiger partial charge in [0.25, 0.3) is 0 Å². The van der Waals surface area contributed by atoms with Gasteiger partial charge in [0, 0.05) is 12.0 Å². The molecule has 1 rings (SSSR count). The van der Waals surface area contributed by atoms with Crippen LogP contribution in [0, 0.1) is 18.3 Å². The Balaban J connectivity index is 2.34. The van der Waals surface area contributed by atoms with Crippen molar-refractivity contribution >= 4 is 5.97 Å². The predicted molar refractivity (Wildman–Crippen MR) is 68.1 cm³/mol. The number of ether oxygens (including phenoxy) is 1. The van der Waals surface area contributed by atoms with E-state index >= 15 is 0 Å². The standard InChI is InChI=1S/C15H17O2/c1-15(2,3)17-14(16)12-8-7-11-13-9-5-4-6-10-13/h4-6,9-10,12H,8H2,1-3H3. The molecule has 2 nitrogen and oxygen atoms in total. The summed E-state index contributed by atoms with van der Waals surface area (Å²) in [4.78, 5) is 11.3. The van der Waals surface area contributed by atoms with Gasteiger partial charge in [0.1, 0.15) is 5.60 Å². The first kappa shape index (κ1) is 13.3. The minimum absolute atomic E-state index is 0.320. The quantitative estimate of drug-likeness (QED) is 0.575. The molecule has 0 saturated heterocycles. The Morgan fingerprint density at radius 1 is 1.29 bits per heavy atom. The fourth-order valence-electron chi connectivity index (χ4n) is 1.15. The number of esters is 1. The van der Waals surface area contributed by atoms with Crippen LogP contribution in [0.1, 0.15) is 32.8 Å². The van der Waals surface area contributed by atoms with Crippen molar-refractivity contribution in [2.24, 2.45) is 0 Å². The first-order chi connectivity index (χ1) is 7.97. The molecule has 17 heavy (non-hydrogen) atoms. The molecular weight excluding hydrogens is 212 g/mol. The molecule has 0 saturated carbocycles. The molecule has 0 spiro atoms. The summed E-state index contributed by atoms with van der Waals surface area (Å²) in [5, 5.41) is 0. The van der Waals surface area contributed by atoms with Crippen molar-refractivity contribution < 1.29 is 9.53 Å². The second kappa shape index (κ2) is 6.10. The van der Waals surface area contributed by atoms with Crippen LogP contribution in [0.25, 0.3) is 0 Å². The van der Waals surface area contributed by atoms with Crippen molar-refractivity contribution in [3.05, 3.63) is 42.3 Å². The van der Waals surface area contributed by atoms with Crippen molar-refractivity contribution in [1.82, 2.24) is 0 Å². The summed E-state index contributed by atoms with van der Waals surface area (Å²) in [5.41, 5.74) is 0.505. The SMILES string of the molecule is CC(C)(C)OC(=O)[CH]CC#Cc1ccccc1. The molecule has 1 radical (unpaired) electrons. The molecule has 0 aliphatic rings. The maximum Gasteiger partial charge on any atom is 0.311 e. The highest BCUT2D eigenvalue weighted by molar-refractivity contribution is 5.79. The van der Waals surface area contributed by atoms with Crippen molar-refractivity contribution in [2.45, 2.75) is 32.8 Å². The first-order valence-electron chi connectivity index (χ1n) is 5.57.